The molecular weight excluding hydrogens is 464 g/mol. The van der Waals surface area contributed by atoms with E-state index in [4.69, 9.17) is 18.9 Å². The molecule has 34 heavy (non-hydrogen) atoms. The largest absolute Gasteiger partial charge is 0.462 e. The van der Waals surface area contributed by atoms with Gasteiger partial charge in [0.05, 0.1) is 29.0 Å². The fourth-order valence-corrected chi connectivity index (χ4v) is 6.21. The highest BCUT2D eigenvalue weighted by Crippen LogP contribution is 2.37. The number of hydrogen-bond donors (Lipinski definition) is 0. The number of carbonyl (C=O) groups is 3. The van der Waals surface area contributed by atoms with Crippen LogP contribution in [0.15, 0.2) is 35.2 Å². The molecule has 0 amide bonds. The number of esters is 2. The number of aldehydes is 1. The molecule has 2 heterocycles. The van der Waals surface area contributed by atoms with Crippen LogP contribution >= 0.6 is 0 Å². The normalized spacial score (nSPS) is 29.6. The topological polar surface area (TPSA) is 122 Å². The summed E-state index contributed by atoms with van der Waals surface area (Å²) in [6.07, 6.45) is -1.48. The van der Waals surface area contributed by atoms with Crippen molar-refractivity contribution in [2.45, 2.75) is 74.9 Å². The quantitative estimate of drug-likeness (QED) is 0.287. The lowest BCUT2D eigenvalue weighted by Gasteiger charge is -2.23. The number of benzene rings is 1. The summed E-state index contributed by atoms with van der Waals surface area (Å²) >= 11 is 0. The van der Waals surface area contributed by atoms with Crippen molar-refractivity contribution in [1.29, 1.82) is 0 Å². The zero-order valence-corrected chi connectivity index (χ0v) is 20.7. The van der Waals surface area contributed by atoms with Crippen LogP contribution in [0.4, 0.5) is 0 Å². The van der Waals surface area contributed by atoms with Gasteiger partial charge in [0.1, 0.15) is 18.0 Å². The molecule has 1 aromatic rings. The molecule has 188 valence electrons. The molecule has 0 saturated carbocycles. The summed E-state index contributed by atoms with van der Waals surface area (Å²) in [4.78, 5) is 36.1. The summed E-state index contributed by atoms with van der Waals surface area (Å²) in [6, 6.07) is 8.07. The van der Waals surface area contributed by atoms with E-state index in [0.717, 1.165) is 0 Å². The third-order valence-electron chi connectivity index (χ3n) is 5.98. The molecular formula is C24H32O9S. The smallest absolute Gasteiger partial charge is 0.320 e. The summed E-state index contributed by atoms with van der Waals surface area (Å²) < 4.78 is 48.4. The zero-order valence-electron chi connectivity index (χ0n) is 19.8. The van der Waals surface area contributed by atoms with Gasteiger partial charge in [-0.1, -0.05) is 18.2 Å². The van der Waals surface area contributed by atoms with Crippen LogP contribution in [-0.4, -0.2) is 69.5 Å². The maximum absolute atomic E-state index is 13.0. The summed E-state index contributed by atoms with van der Waals surface area (Å²) in [5.41, 5.74) is -0.731. The first-order valence-corrected chi connectivity index (χ1v) is 12.9. The second-order valence-corrected chi connectivity index (χ2v) is 11.7. The predicted octanol–water partition coefficient (Wildman–Crippen LogP) is 2.11. The Kier molecular flexibility index (Phi) is 8.15. The predicted molar refractivity (Wildman–Crippen MR) is 121 cm³/mol. The molecule has 1 aromatic carbocycles. The van der Waals surface area contributed by atoms with Crippen LogP contribution in [0, 0.1) is 11.8 Å². The summed E-state index contributed by atoms with van der Waals surface area (Å²) in [5.74, 6) is -3.16. The molecule has 0 N–H and O–H groups in total. The highest BCUT2D eigenvalue weighted by Gasteiger charge is 2.50. The number of cyclic esters (lactones) is 1. The van der Waals surface area contributed by atoms with E-state index in [1.165, 1.54) is 19.2 Å². The first kappa shape index (κ1) is 26.3. The molecule has 10 heteroatoms. The minimum Gasteiger partial charge on any atom is -0.462 e. The van der Waals surface area contributed by atoms with E-state index in [-0.39, 0.29) is 29.9 Å². The van der Waals surface area contributed by atoms with Gasteiger partial charge >= 0.3 is 11.9 Å². The van der Waals surface area contributed by atoms with Gasteiger partial charge in [-0.2, -0.15) is 0 Å². The van der Waals surface area contributed by atoms with Gasteiger partial charge in [-0.25, -0.2) is 8.42 Å². The highest BCUT2D eigenvalue weighted by atomic mass is 32.2. The highest BCUT2D eigenvalue weighted by molar-refractivity contribution is 7.91. The Bertz CT molecular complexity index is 983. The Morgan fingerprint density at radius 1 is 1.18 bits per heavy atom. The van der Waals surface area contributed by atoms with E-state index < -0.39 is 63.6 Å². The minimum absolute atomic E-state index is 0.0102. The van der Waals surface area contributed by atoms with Gasteiger partial charge in [-0.05, 0) is 32.9 Å². The molecule has 0 bridgehead atoms. The van der Waals surface area contributed by atoms with Gasteiger partial charge in [0.2, 0.25) is 0 Å². The van der Waals surface area contributed by atoms with Crippen LogP contribution in [0.3, 0.4) is 0 Å². The van der Waals surface area contributed by atoms with Crippen LogP contribution in [0.25, 0.3) is 0 Å². The van der Waals surface area contributed by atoms with Gasteiger partial charge in [0.15, 0.2) is 15.8 Å². The van der Waals surface area contributed by atoms with Gasteiger partial charge < -0.3 is 23.7 Å². The van der Waals surface area contributed by atoms with Crippen LogP contribution in [-0.2, 0) is 43.2 Å². The van der Waals surface area contributed by atoms with Gasteiger partial charge in [0, 0.05) is 32.3 Å². The van der Waals surface area contributed by atoms with Crippen molar-refractivity contribution in [3.05, 3.63) is 30.3 Å². The standard InChI is InChI=1S/C24H32O9S/c1-24(2,3)33-23(27)17-12-15(31-22(17)26)13-20-21(30-4)18(19(32-20)10-11-25)14-34(28,29)16-8-6-5-7-9-16/h5-9,11,15,17-21H,10,12-14H2,1-4H3/t15-,17?,18+,19+,20-,21-/m1/s1. The number of hydrogen-bond acceptors (Lipinski definition) is 9. The monoisotopic (exact) mass is 496 g/mol. The van der Waals surface area contributed by atoms with Gasteiger partial charge in [-0.15, -0.1) is 0 Å². The average Bonchev–Trinajstić information content (AvgIpc) is 3.27. The second kappa shape index (κ2) is 10.5. The molecule has 2 aliphatic rings. The Balaban J connectivity index is 1.72. The van der Waals surface area contributed by atoms with Crippen LogP contribution in [0.5, 0.6) is 0 Å². The van der Waals surface area contributed by atoms with E-state index in [1.54, 1.807) is 39.0 Å². The van der Waals surface area contributed by atoms with E-state index in [2.05, 4.69) is 0 Å². The third-order valence-corrected chi connectivity index (χ3v) is 7.80. The molecule has 1 unspecified atom stereocenters. The number of carbonyl (C=O) groups excluding carboxylic acids is 3. The maximum Gasteiger partial charge on any atom is 0.320 e. The zero-order chi connectivity index (χ0) is 25.1. The average molecular weight is 497 g/mol. The number of rotatable bonds is 9. The fourth-order valence-electron chi connectivity index (χ4n) is 4.53. The Morgan fingerprint density at radius 2 is 1.85 bits per heavy atom. The molecule has 0 aliphatic carbocycles. The SMILES string of the molecule is CO[C@@H]1[C@@H](CS(=O)(=O)c2ccccc2)[C@H](CC=O)O[C@@H]1C[C@H]1CC(C(=O)OC(C)(C)C)C(=O)O1. The van der Waals surface area contributed by atoms with Crippen molar-refractivity contribution in [2.24, 2.45) is 11.8 Å². The first-order chi connectivity index (χ1) is 15.9. The van der Waals surface area contributed by atoms with Gasteiger partial charge in [0.25, 0.3) is 0 Å². The van der Waals surface area contributed by atoms with Gasteiger partial charge in [-0.3, -0.25) is 9.59 Å². The Labute approximate surface area is 200 Å². The Hall–Kier alpha value is -2.30. The molecule has 0 radical (unpaired) electrons. The second-order valence-electron chi connectivity index (χ2n) is 9.69. The maximum atomic E-state index is 13.0. The lowest BCUT2D eigenvalue weighted by atomic mass is 9.93. The van der Waals surface area contributed by atoms with Crippen LogP contribution < -0.4 is 0 Å². The molecule has 3 rings (SSSR count). The van der Waals surface area contributed by atoms with E-state index >= 15 is 0 Å². The summed E-state index contributed by atoms with van der Waals surface area (Å²) in [7, 11) is -2.20. The van der Waals surface area contributed by atoms with Crippen molar-refractivity contribution in [3.8, 4) is 0 Å². The van der Waals surface area contributed by atoms with E-state index in [1.807, 2.05) is 0 Å². The molecule has 9 nitrogen and oxygen atoms in total. The molecule has 0 aromatic heterocycles. The van der Waals surface area contributed by atoms with Crippen molar-refractivity contribution >= 4 is 28.1 Å². The number of methoxy groups -OCH3 is 1. The molecule has 2 aliphatic heterocycles. The van der Waals surface area contributed by atoms with Crippen molar-refractivity contribution < 1.29 is 41.7 Å². The summed E-state index contributed by atoms with van der Waals surface area (Å²) in [6.45, 7) is 5.15. The van der Waals surface area contributed by atoms with Crippen LogP contribution in [0.2, 0.25) is 0 Å². The Morgan fingerprint density at radius 3 is 2.44 bits per heavy atom. The minimum atomic E-state index is -3.66. The number of sulfone groups is 1. The number of ether oxygens (including phenoxy) is 4. The van der Waals surface area contributed by atoms with Crippen molar-refractivity contribution in [2.75, 3.05) is 12.9 Å². The van der Waals surface area contributed by atoms with Crippen molar-refractivity contribution in [1.82, 2.24) is 0 Å². The lowest BCUT2D eigenvalue weighted by Crippen LogP contribution is -2.36. The fraction of sp³-hybridized carbons (Fsp3) is 0.625. The third kappa shape index (κ3) is 6.22. The van der Waals surface area contributed by atoms with E-state index in [0.29, 0.717) is 6.29 Å². The molecule has 2 saturated heterocycles. The first-order valence-electron chi connectivity index (χ1n) is 11.3. The molecule has 0 spiro atoms. The van der Waals surface area contributed by atoms with Crippen molar-refractivity contribution in [3.63, 3.8) is 0 Å². The lowest BCUT2D eigenvalue weighted by molar-refractivity contribution is -0.164. The summed E-state index contributed by atoms with van der Waals surface area (Å²) in [5, 5.41) is 0. The molecule has 2 fully saturated rings. The molecule has 6 atom stereocenters. The van der Waals surface area contributed by atoms with E-state index in [9.17, 15) is 22.8 Å². The van der Waals surface area contributed by atoms with Crippen LogP contribution in [0.1, 0.15) is 40.0 Å².